The zero-order chi connectivity index (χ0) is 12.3. The highest BCUT2D eigenvalue weighted by atomic mass is 15.1. The highest BCUT2D eigenvalue weighted by Crippen LogP contribution is 2.32. The Morgan fingerprint density at radius 3 is 2.82 bits per heavy atom. The van der Waals surface area contributed by atoms with Gasteiger partial charge in [-0.05, 0) is 43.4 Å². The van der Waals surface area contributed by atoms with E-state index in [9.17, 15) is 0 Å². The summed E-state index contributed by atoms with van der Waals surface area (Å²) in [4.78, 5) is 2.37. The molecule has 2 N–H and O–H groups in total. The van der Waals surface area contributed by atoms with Crippen LogP contribution in [0.15, 0.2) is 18.2 Å². The van der Waals surface area contributed by atoms with Crippen molar-refractivity contribution in [2.75, 3.05) is 23.7 Å². The zero-order valence-corrected chi connectivity index (χ0v) is 10.3. The van der Waals surface area contributed by atoms with Crippen LogP contribution >= 0.6 is 0 Å². The lowest BCUT2D eigenvalue weighted by molar-refractivity contribution is 0.708. The van der Waals surface area contributed by atoms with Gasteiger partial charge in [0.25, 0.3) is 0 Å². The molecule has 0 aliphatic heterocycles. The summed E-state index contributed by atoms with van der Waals surface area (Å²) >= 11 is 0. The van der Waals surface area contributed by atoms with E-state index in [0.29, 0.717) is 11.3 Å². The van der Waals surface area contributed by atoms with Crippen LogP contribution in [0.25, 0.3) is 0 Å². The van der Waals surface area contributed by atoms with E-state index >= 15 is 0 Å². The van der Waals surface area contributed by atoms with Crippen molar-refractivity contribution in [3.8, 4) is 6.07 Å². The minimum absolute atomic E-state index is 0.569. The Bertz CT molecular complexity index is 430. The first-order valence-electron chi connectivity index (χ1n) is 6.29. The van der Waals surface area contributed by atoms with Gasteiger partial charge in [0.1, 0.15) is 6.07 Å². The molecule has 1 aromatic carbocycles. The van der Waals surface area contributed by atoms with Gasteiger partial charge in [0.05, 0.1) is 5.56 Å². The molecule has 1 aliphatic rings. The topological polar surface area (TPSA) is 53.0 Å². The summed E-state index contributed by atoms with van der Waals surface area (Å²) in [7, 11) is 0. The molecular weight excluding hydrogens is 210 g/mol. The van der Waals surface area contributed by atoms with Crippen LogP contribution in [-0.4, -0.2) is 13.1 Å². The number of anilines is 2. The van der Waals surface area contributed by atoms with Crippen molar-refractivity contribution in [2.45, 2.75) is 26.2 Å². The third-order valence-electron chi connectivity index (χ3n) is 3.19. The number of benzene rings is 1. The summed E-state index contributed by atoms with van der Waals surface area (Å²) < 4.78 is 0. The summed E-state index contributed by atoms with van der Waals surface area (Å²) in [5.74, 6) is 0.852. The van der Waals surface area contributed by atoms with E-state index in [4.69, 9.17) is 11.0 Å². The maximum absolute atomic E-state index is 9.00. The van der Waals surface area contributed by atoms with Gasteiger partial charge >= 0.3 is 0 Å². The molecule has 1 aromatic rings. The molecule has 1 saturated carbocycles. The number of nitrogens with two attached hydrogens (primary N) is 1. The summed E-state index contributed by atoms with van der Waals surface area (Å²) in [5.41, 5.74) is 8.03. The van der Waals surface area contributed by atoms with Crippen molar-refractivity contribution >= 4 is 11.4 Å². The van der Waals surface area contributed by atoms with Crippen LogP contribution in [0.1, 0.15) is 31.7 Å². The van der Waals surface area contributed by atoms with E-state index in [0.717, 1.165) is 31.1 Å². The molecule has 1 aliphatic carbocycles. The fraction of sp³-hybridized carbons (Fsp3) is 0.500. The maximum atomic E-state index is 9.00. The molecule has 0 spiro atoms. The molecule has 3 nitrogen and oxygen atoms in total. The quantitative estimate of drug-likeness (QED) is 0.790. The normalized spacial score (nSPS) is 14.4. The van der Waals surface area contributed by atoms with E-state index in [-0.39, 0.29) is 0 Å². The number of nitrogen functional groups attached to an aromatic ring is 1. The van der Waals surface area contributed by atoms with E-state index in [2.05, 4.69) is 17.9 Å². The van der Waals surface area contributed by atoms with Crippen LogP contribution in [-0.2, 0) is 0 Å². The molecule has 3 heteroatoms. The van der Waals surface area contributed by atoms with Crippen molar-refractivity contribution in [2.24, 2.45) is 5.92 Å². The first kappa shape index (κ1) is 11.8. The third-order valence-corrected chi connectivity index (χ3v) is 3.19. The van der Waals surface area contributed by atoms with Crippen molar-refractivity contribution in [3.05, 3.63) is 23.8 Å². The third kappa shape index (κ3) is 2.91. The molecule has 0 heterocycles. The van der Waals surface area contributed by atoms with Gasteiger partial charge in [-0.15, -0.1) is 0 Å². The first-order chi connectivity index (χ1) is 8.24. The summed E-state index contributed by atoms with van der Waals surface area (Å²) in [5, 5.41) is 9.00. The van der Waals surface area contributed by atoms with Crippen LogP contribution in [0.3, 0.4) is 0 Å². The van der Waals surface area contributed by atoms with Gasteiger partial charge in [-0.1, -0.05) is 6.92 Å². The molecule has 1 fully saturated rings. The van der Waals surface area contributed by atoms with Crippen LogP contribution in [0.4, 0.5) is 11.4 Å². The van der Waals surface area contributed by atoms with E-state index in [1.807, 2.05) is 18.2 Å². The molecule has 0 bridgehead atoms. The monoisotopic (exact) mass is 229 g/mol. The summed E-state index contributed by atoms with van der Waals surface area (Å²) in [6, 6.07) is 7.92. The number of rotatable bonds is 5. The Labute approximate surface area is 103 Å². The van der Waals surface area contributed by atoms with Gasteiger partial charge in [-0.3, -0.25) is 0 Å². The molecular formula is C14H19N3. The van der Waals surface area contributed by atoms with E-state index < -0.39 is 0 Å². The SMILES string of the molecule is CCCN(CC1CC1)c1ccc(N)c(C#N)c1. The van der Waals surface area contributed by atoms with Gasteiger partial charge in [0.2, 0.25) is 0 Å². The lowest BCUT2D eigenvalue weighted by Gasteiger charge is -2.24. The Kier molecular flexibility index (Phi) is 3.53. The molecule has 90 valence electrons. The fourth-order valence-corrected chi connectivity index (χ4v) is 2.05. The molecule has 0 saturated heterocycles. The van der Waals surface area contributed by atoms with Crippen LogP contribution in [0.5, 0.6) is 0 Å². The summed E-state index contributed by atoms with van der Waals surface area (Å²) in [6.07, 6.45) is 3.82. The summed E-state index contributed by atoms with van der Waals surface area (Å²) in [6.45, 7) is 4.34. The van der Waals surface area contributed by atoms with Crippen molar-refractivity contribution in [1.29, 1.82) is 5.26 Å². The van der Waals surface area contributed by atoms with Crippen molar-refractivity contribution < 1.29 is 0 Å². The Morgan fingerprint density at radius 1 is 1.47 bits per heavy atom. The fourth-order valence-electron chi connectivity index (χ4n) is 2.05. The minimum atomic E-state index is 0.569. The predicted octanol–water partition coefficient (Wildman–Crippen LogP) is 2.77. The Balaban J connectivity index is 2.19. The average molecular weight is 229 g/mol. The minimum Gasteiger partial charge on any atom is -0.398 e. The Morgan fingerprint density at radius 2 is 2.24 bits per heavy atom. The molecule has 0 unspecified atom stereocenters. The number of hydrogen-bond donors (Lipinski definition) is 1. The van der Waals surface area contributed by atoms with E-state index in [1.165, 1.54) is 12.8 Å². The first-order valence-corrected chi connectivity index (χ1v) is 6.29. The molecule has 2 rings (SSSR count). The number of nitrogens with zero attached hydrogens (tertiary/aromatic N) is 2. The highest BCUT2D eigenvalue weighted by Gasteiger charge is 2.24. The standard InChI is InChI=1S/C14H19N3/c1-2-7-17(10-11-3-4-11)13-5-6-14(16)12(8-13)9-15/h5-6,8,11H,2-4,7,10,16H2,1H3. The van der Waals surface area contributed by atoms with E-state index in [1.54, 1.807) is 0 Å². The zero-order valence-electron chi connectivity index (χ0n) is 10.3. The second kappa shape index (κ2) is 5.09. The van der Waals surface area contributed by atoms with Crippen molar-refractivity contribution in [3.63, 3.8) is 0 Å². The van der Waals surface area contributed by atoms with Crippen LogP contribution in [0.2, 0.25) is 0 Å². The van der Waals surface area contributed by atoms with Crippen LogP contribution < -0.4 is 10.6 Å². The van der Waals surface area contributed by atoms with Gasteiger partial charge < -0.3 is 10.6 Å². The lowest BCUT2D eigenvalue weighted by atomic mass is 10.1. The average Bonchev–Trinajstić information content (AvgIpc) is 3.13. The smallest absolute Gasteiger partial charge is 0.101 e. The maximum Gasteiger partial charge on any atom is 0.101 e. The lowest BCUT2D eigenvalue weighted by Crippen LogP contribution is -2.26. The second-order valence-corrected chi connectivity index (χ2v) is 4.77. The van der Waals surface area contributed by atoms with Gasteiger partial charge in [0.15, 0.2) is 0 Å². The second-order valence-electron chi connectivity index (χ2n) is 4.77. The number of nitriles is 1. The molecule has 0 radical (unpaired) electrons. The van der Waals surface area contributed by atoms with Crippen molar-refractivity contribution in [1.82, 2.24) is 0 Å². The largest absolute Gasteiger partial charge is 0.398 e. The molecule has 0 aromatic heterocycles. The van der Waals surface area contributed by atoms with Gasteiger partial charge in [-0.25, -0.2) is 0 Å². The number of hydrogen-bond acceptors (Lipinski definition) is 3. The van der Waals surface area contributed by atoms with Crippen LogP contribution in [0, 0.1) is 17.2 Å². The highest BCUT2D eigenvalue weighted by molar-refractivity contribution is 5.62. The van der Waals surface area contributed by atoms with Gasteiger partial charge in [-0.2, -0.15) is 5.26 Å². The Hall–Kier alpha value is -1.69. The molecule has 0 amide bonds. The molecule has 0 atom stereocenters. The molecule has 17 heavy (non-hydrogen) atoms. The van der Waals surface area contributed by atoms with Gasteiger partial charge in [0, 0.05) is 24.5 Å². The predicted molar refractivity (Wildman–Crippen MR) is 70.8 cm³/mol.